The van der Waals surface area contributed by atoms with Gasteiger partial charge in [0.05, 0.1) is 17.4 Å². The number of aromatic nitrogens is 2. The zero-order valence-electron chi connectivity index (χ0n) is 8.47. The molecule has 6 heteroatoms. The molecule has 0 aliphatic heterocycles. The molecule has 1 atom stereocenters. The van der Waals surface area contributed by atoms with Gasteiger partial charge >= 0.3 is 5.97 Å². The van der Waals surface area contributed by atoms with Crippen molar-refractivity contribution in [1.29, 1.82) is 0 Å². The predicted octanol–water partition coefficient (Wildman–Crippen LogP) is 1.40. The van der Waals surface area contributed by atoms with Gasteiger partial charge in [0, 0.05) is 10.5 Å². The minimum atomic E-state index is -1.54. The number of thioether (sulfide) groups is 1. The van der Waals surface area contributed by atoms with Crippen LogP contribution in [0.3, 0.4) is 0 Å². The van der Waals surface area contributed by atoms with Crippen LogP contribution in [0.5, 0.6) is 0 Å². The second kappa shape index (κ2) is 4.15. The fourth-order valence-electron chi connectivity index (χ4n) is 1.55. The largest absolute Gasteiger partial charge is 0.479 e. The van der Waals surface area contributed by atoms with Crippen LogP contribution in [0.2, 0.25) is 0 Å². The fraction of sp³-hybridized carbons (Fsp3) is 0.200. The first kappa shape index (κ1) is 11.0. The normalized spacial score (nSPS) is 12.9. The number of H-pyrrole nitrogens is 1. The third-order valence-electron chi connectivity index (χ3n) is 2.32. The average molecular weight is 238 g/mol. The summed E-state index contributed by atoms with van der Waals surface area (Å²) in [5.41, 5.74) is 1.56. The molecular weight excluding hydrogens is 228 g/mol. The van der Waals surface area contributed by atoms with Crippen molar-refractivity contribution >= 4 is 28.8 Å². The monoisotopic (exact) mass is 238 g/mol. The molecule has 1 unspecified atom stereocenters. The lowest BCUT2D eigenvalue weighted by atomic mass is 10.1. The summed E-state index contributed by atoms with van der Waals surface area (Å²) in [7, 11) is 0. The van der Waals surface area contributed by atoms with Gasteiger partial charge in [0.1, 0.15) is 0 Å². The Labute approximate surface area is 95.5 Å². The first-order chi connectivity index (χ1) is 7.65. The molecule has 0 radical (unpaired) electrons. The topological polar surface area (TPSA) is 86.2 Å². The van der Waals surface area contributed by atoms with E-state index in [1.165, 1.54) is 18.1 Å². The lowest BCUT2D eigenvalue weighted by Crippen LogP contribution is -2.10. The maximum absolute atomic E-state index is 10.7. The Morgan fingerprint density at radius 2 is 2.31 bits per heavy atom. The molecule has 0 saturated carbocycles. The van der Waals surface area contributed by atoms with E-state index in [0.29, 0.717) is 11.1 Å². The van der Waals surface area contributed by atoms with E-state index in [1.807, 2.05) is 6.26 Å². The SMILES string of the molecule is CSc1ccc(C(O)C(=O)O)c2nc[nH]c12. The minimum Gasteiger partial charge on any atom is -0.479 e. The van der Waals surface area contributed by atoms with Gasteiger partial charge in [0.2, 0.25) is 0 Å². The number of rotatable bonds is 3. The molecule has 16 heavy (non-hydrogen) atoms. The molecule has 1 aromatic heterocycles. The number of nitrogens with one attached hydrogen (secondary N) is 1. The highest BCUT2D eigenvalue weighted by molar-refractivity contribution is 7.98. The van der Waals surface area contributed by atoms with Crippen LogP contribution >= 0.6 is 11.8 Å². The summed E-state index contributed by atoms with van der Waals surface area (Å²) >= 11 is 1.53. The first-order valence-corrected chi connectivity index (χ1v) is 5.78. The number of benzene rings is 1. The molecule has 2 rings (SSSR count). The van der Waals surface area contributed by atoms with E-state index in [1.54, 1.807) is 12.1 Å². The van der Waals surface area contributed by atoms with Gasteiger partial charge in [-0.05, 0) is 12.3 Å². The standard InChI is InChI=1S/C10H10N2O3S/c1-16-6-3-2-5(9(13)10(14)15)7-8(6)12-4-11-7/h2-4,9,13H,1H3,(H,11,12)(H,14,15). The van der Waals surface area contributed by atoms with Crippen molar-refractivity contribution in [2.75, 3.05) is 6.26 Å². The van der Waals surface area contributed by atoms with E-state index in [4.69, 9.17) is 5.11 Å². The number of aromatic amines is 1. The molecule has 0 aliphatic carbocycles. The Balaban J connectivity index is 2.64. The number of fused-ring (bicyclic) bond motifs is 1. The van der Waals surface area contributed by atoms with Crippen molar-refractivity contribution < 1.29 is 15.0 Å². The number of imidazole rings is 1. The van der Waals surface area contributed by atoms with E-state index < -0.39 is 12.1 Å². The van der Waals surface area contributed by atoms with Gasteiger partial charge in [-0.1, -0.05) is 6.07 Å². The van der Waals surface area contributed by atoms with Crippen molar-refractivity contribution in [3.63, 3.8) is 0 Å². The molecule has 0 saturated heterocycles. The number of nitrogens with zero attached hydrogens (tertiary/aromatic N) is 1. The Hall–Kier alpha value is -1.53. The summed E-state index contributed by atoms with van der Waals surface area (Å²) < 4.78 is 0. The van der Waals surface area contributed by atoms with Gasteiger partial charge in [-0.15, -0.1) is 11.8 Å². The second-order valence-electron chi connectivity index (χ2n) is 3.22. The van der Waals surface area contributed by atoms with Gasteiger partial charge in [-0.3, -0.25) is 0 Å². The van der Waals surface area contributed by atoms with Gasteiger partial charge in [0.25, 0.3) is 0 Å². The molecule has 0 fully saturated rings. The molecular formula is C10H10N2O3S. The molecule has 0 bridgehead atoms. The highest BCUT2D eigenvalue weighted by Gasteiger charge is 2.20. The summed E-state index contributed by atoms with van der Waals surface area (Å²) in [4.78, 5) is 18.7. The summed E-state index contributed by atoms with van der Waals surface area (Å²) in [5.74, 6) is -1.28. The van der Waals surface area contributed by atoms with E-state index in [0.717, 1.165) is 10.4 Å². The van der Waals surface area contributed by atoms with E-state index in [9.17, 15) is 9.90 Å². The third-order valence-corrected chi connectivity index (χ3v) is 3.10. The summed E-state index contributed by atoms with van der Waals surface area (Å²) in [6.45, 7) is 0. The Bertz CT molecular complexity index is 538. The van der Waals surface area contributed by atoms with Crippen molar-refractivity contribution in [3.05, 3.63) is 24.0 Å². The van der Waals surface area contributed by atoms with Crippen LogP contribution in [0.25, 0.3) is 11.0 Å². The maximum Gasteiger partial charge on any atom is 0.337 e. The van der Waals surface area contributed by atoms with Crippen LogP contribution in [0, 0.1) is 0 Å². The number of aliphatic carboxylic acids is 1. The molecule has 0 amide bonds. The van der Waals surface area contributed by atoms with Crippen LogP contribution in [0.1, 0.15) is 11.7 Å². The van der Waals surface area contributed by atoms with Gasteiger partial charge < -0.3 is 15.2 Å². The van der Waals surface area contributed by atoms with Gasteiger partial charge in [-0.25, -0.2) is 9.78 Å². The fourth-order valence-corrected chi connectivity index (χ4v) is 2.12. The maximum atomic E-state index is 10.7. The van der Waals surface area contributed by atoms with Crippen LogP contribution in [0.4, 0.5) is 0 Å². The average Bonchev–Trinajstić information content (AvgIpc) is 2.75. The van der Waals surface area contributed by atoms with Gasteiger partial charge in [0.15, 0.2) is 6.10 Å². The molecule has 0 spiro atoms. The van der Waals surface area contributed by atoms with Crippen LogP contribution in [0.15, 0.2) is 23.4 Å². The molecule has 84 valence electrons. The van der Waals surface area contributed by atoms with E-state index in [-0.39, 0.29) is 0 Å². The van der Waals surface area contributed by atoms with Crippen molar-refractivity contribution in [1.82, 2.24) is 9.97 Å². The zero-order chi connectivity index (χ0) is 11.7. The minimum absolute atomic E-state index is 0.307. The second-order valence-corrected chi connectivity index (χ2v) is 4.07. The number of carbonyl (C=O) groups is 1. The van der Waals surface area contributed by atoms with E-state index in [2.05, 4.69) is 9.97 Å². The molecule has 0 aliphatic rings. The summed E-state index contributed by atoms with van der Waals surface area (Å²) in [6.07, 6.45) is 1.87. The molecule has 1 heterocycles. The number of carboxylic acid groups (broad SMARTS) is 1. The van der Waals surface area contributed by atoms with Crippen LogP contribution < -0.4 is 0 Å². The van der Waals surface area contributed by atoms with Crippen molar-refractivity contribution in [2.24, 2.45) is 0 Å². The smallest absolute Gasteiger partial charge is 0.337 e. The van der Waals surface area contributed by atoms with Crippen molar-refractivity contribution in [2.45, 2.75) is 11.0 Å². The number of aliphatic hydroxyl groups is 1. The van der Waals surface area contributed by atoms with Gasteiger partial charge in [-0.2, -0.15) is 0 Å². The van der Waals surface area contributed by atoms with E-state index >= 15 is 0 Å². The number of aliphatic hydroxyl groups excluding tert-OH is 1. The molecule has 1 aromatic carbocycles. The van der Waals surface area contributed by atoms with Crippen LogP contribution in [-0.2, 0) is 4.79 Å². The number of hydrogen-bond acceptors (Lipinski definition) is 4. The quantitative estimate of drug-likeness (QED) is 0.704. The lowest BCUT2D eigenvalue weighted by molar-refractivity contribution is -0.146. The Morgan fingerprint density at radius 1 is 1.56 bits per heavy atom. The number of carboxylic acids is 1. The van der Waals surface area contributed by atoms with Crippen molar-refractivity contribution in [3.8, 4) is 0 Å². The Kier molecular flexibility index (Phi) is 2.84. The molecule has 5 nitrogen and oxygen atoms in total. The molecule has 3 N–H and O–H groups in total. The Morgan fingerprint density at radius 3 is 2.94 bits per heavy atom. The number of hydrogen-bond donors (Lipinski definition) is 3. The highest BCUT2D eigenvalue weighted by atomic mass is 32.2. The summed E-state index contributed by atoms with van der Waals surface area (Å²) in [5, 5.41) is 18.3. The summed E-state index contributed by atoms with van der Waals surface area (Å²) in [6, 6.07) is 3.36. The first-order valence-electron chi connectivity index (χ1n) is 4.56. The lowest BCUT2D eigenvalue weighted by Gasteiger charge is -2.08. The molecule has 2 aromatic rings. The van der Waals surface area contributed by atoms with Crippen LogP contribution in [-0.4, -0.2) is 32.4 Å². The predicted molar refractivity (Wildman–Crippen MR) is 60.5 cm³/mol. The highest BCUT2D eigenvalue weighted by Crippen LogP contribution is 2.29. The third kappa shape index (κ3) is 1.66. The zero-order valence-corrected chi connectivity index (χ0v) is 9.28.